The molecule has 0 fully saturated rings. The molecule has 2 heterocycles. The van der Waals surface area contributed by atoms with Crippen molar-refractivity contribution in [3.63, 3.8) is 0 Å². The molecule has 2 aromatic rings. The van der Waals surface area contributed by atoms with E-state index in [1.165, 1.54) is 0 Å². The lowest BCUT2D eigenvalue weighted by Crippen LogP contribution is -1.90. The summed E-state index contributed by atoms with van der Waals surface area (Å²) in [6, 6.07) is 0. The lowest BCUT2D eigenvalue weighted by molar-refractivity contribution is 0.315. The van der Waals surface area contributed by atoms with Gasteiger partial charge in [0.1, 0.15) is 5.52 Å². The summed E-state index contributed by atoms with van der Waals surface area (Å²) in [6.45, 7) is 4.18. The minimum atomic E-state index is 0.396. The summed E-state index contributed by atoms with van der Waals surface area (Å²) in [5.74, 6) is 0.396. The molecule has 0 spiro atoms. The number of fused-ring (bicyclic) bond motifs is 1. The van der Waals surface area contributed by atoms with Crippen LogP contribution in [0.3, 0.4) is 0 Å². The Bertz CT molecular complexity index is 394. The summed E-state index contributed by atoms with van der Waals surface area (Å²) in [6.07, 6.45) is 3.45. The number of aromatic nitrogens is 3. The number of pyridine rings is 1. The average molecular weight is 163 g/mol. The molecule has 12 heavy (non-hydrogen) atoms. The summed E-state index contributed by atoms with van der Waals surface area (Å²) < 4.78 is 4.62. The van der Waals surface area contributed by atoms with E-state index in [0.29, 0.717) is 5.92 Å². The van der Waals surface area contributed by atoms with E-state index < -0.39 is 0 Å². The molecule has 2 aromatic heterocycles. The predicted octanol–water partition coefficient (Wildman–Crippen LogP) is 1.74. The second kappa shape index (κ2) is 2.55. The van der Waals surface area contributed by atoms with Crippen LogP contribution in [-0.4, -0.2) is 15.3 Å². The second-order valence-electron chi connectivity index (χ2n) is 3.02. The van der Waals surface area contributed by atoms with Gasteiger partial charge in [0.05, 0.1) is 6.20 Å². The van der Waals surface area contributed by atoms with Crippen molar-refractivity contribution in [2.24, 2.45) is 0 Å². The number of hydrogen-bond acceptors (Lipinski definition) is 4. The molecule has 0 saturated heterocycles. The molecule has 0 aromatic carbocycles. The molecule has 0 unspecified atom stereocenters. The smallest absolute Gasteiger partial charge is 0.153 e. The second-order valence-corrected chi connectivity index (χ2v) is 3.02. The van der Waals surface area contributed by atoms with Crippen molar-refractivity contribution in [1.29, 1.82) is 0 Å². The first kappa shape index (κ1) is 7.21. The third-order valence-corrected chi connectivity index (χ3v) is 1.82. The molecule has 0 atom stereocenters. The van der Waals surface area contributed by atoms with Crippen LogP contribution in [-0.2, 0) is 0 Å². The molecule has 4 heteroatoms. The zero-order chi connectivity index (χ0) is 8.55. The van der Waals surface area contributed by atoms with Gasteiger partial charge in [-0.3, -0.25) is 4.98 Å². The molecule has 0 aliphatic heterocycles. The van der Waals surface area contributed by atoms with Crippen molar-refractivity contribution in [3.8, 4) is 0 Å². The van der Waals surface area contributed by atoms with Gasteiger partial charge in [0, 0.05) is 11.8 Å². The summed E-state index contributed by atoms with van der Waals surface area (Å²) >= 11 is 0. The number of hydrogen-bond donors (Lipinski definition) is 0. The Hall–Kier alpha value is -1.45. The highest BCUT2D eigenvalue weighted by Crippen LogP contribution is 2.20. The Morgan fingerprint density at radius 2 is 2.08 bits per heavy atom. The zero-order valence-electron chi connectivity index (χ0n) is 6.98. The highest BCUT2D eigenvalue weighted by Gasteiger charge is 2.09. The highest BCUT2D eigenvalue weighted by molar-refractivity contribution is 5.75. The van der Waals surface area contributed by atoms with Crippen LogP contribution >= 0.6 is 0 Å². The van der Waals surface area contributed by atoms with E-state index in [2.05, 4.69) is 33.8 Å². The number of nitrogens with zero attached hydrogens (tertiary/aromatic N) is 3. The molecular formula is C8H9N3O. The number of rotatable bonds is 1. The summed E-state index contributed by atoms with van der Waals surface area (Å²) in [5.41, 5.74) is 2.62. The molecule has 0 bridgehead atoms. The van der Waals surface area contributed by atoms with Crippen LogP contribution in [0.1, 0.15) is 25.3 Å². The summed E-state index contributed by atoms with van der Waals surface area (Å²) in [5, 5.41) is 7.53. The van der Waals surface area contributed by atoms with Gasteiger partial charge in [0.15, 0.2) is 5.52 Å². The minimum Gasteiger partial charge on any atom is -0.262 e. The van der Waals surface area contributed by atoms with E-state index in [9.17, 15) is 0 Å². The lowest BCUT2D eigenvalue weighted by atomic mass is 10.0. The topological polar surface area (TPSA) is 51.8 Å². The summed E-state index contributed by atoms with van der Waals surface area (Å²) in [4.78, 5) is 4.04. The molecule has 0 radical (unpaired) electrons. The van der Waals surface area contributed by atoms with Gasteiger partial charge in [-0.05, 0) is 16.2 Å². The van der Waals surface area contributed by atoms with Crippen molar-refractivity contribution in [2.75, 3.05) is 0 Å². The van der Waals surface area contributed by atoms with Gasteiger partial charge in [-0.2, -0.15) is 0 Å². The lowest BCUT2D eigenvalue weighted by Gasteiger charge is -2.01. The molecule has 2 rings (SSSR count). The van der Waals surface area contributed by atoms with Crippen LogP contribution in [0, 0.1) is 0 Å². The van der Waals surface area contributed by atoms with E-state index in [1.807, 2.05) is 0 Å². The van der Waals surface area contributed by atoms with E-state index >= 15 is 0 Å². The Labute approximate surface area is 69.6 Å². The van der Waals surface area contributed by atoms with E-state index in [4.69, 9.17) is 0 Å². The van der Waals surface area contributed by atoms with Crippen molar-refractivity contribution >= 4 is 11.0 Å². The Morgan fingerprint density at radius 3 is 2.83 bits per heavy atom. The Morgan fingerprint density at radius 1 is 1.25 bits per heavy atom. The molecule has 0 aliphatic carbocycles. The standard InChI is InChI=1S/C8H9N3O/c1-5(2)6-3-9-4-7-8(6)11-12-10-7/h3-5H,1-2H3. The maximum Gasteiger partial charge on any atom is 0.153 e. The first-order valence-electron chi connectivity index (χ1n) is 3.85. The first-order valence-corrected chi connectivity index (χ1v) is 3.85. The van der Waals surface area contributed by atoms with Crippen molar-refractivity contribution in [2.45, 2.75) is 19.8 Å². The van der Waals surface area contributed by atoms with Gasteiger partial charge in [-0.25, -0.2) is 4.63 Å². The SMILES string of the molecule is CC(C)c1cncc2nonc12. The first-order chi connectivity index (χ1) is 5.79. The quantitative estimate of drug-likeness (QED) is 0.642. The normalized spacial score (nSPS) is 11.2. The molecule has 62 valence electrons. The van der Waals surface area contributed by atoms with Crippen LogP contribution in [0.5, 0.6) is 0 Å². The van der Waals surface area contributed by atoms with Crippen LogP contribution < -0.4 is 0 Å². The van der Waals surface area contributed by atoms with Crippen LogP contribution in [0.15, 0.2) is 17.0 Å². The molecular weight excluding hydrogens is 154 g/mol. The fourth-order valence-corrected chi connectivity index (χ4v) is 1.15. The predicted molar refractivity (Wildman–Crippen MR) is 43.7 cm³/mol. The van der Waals surface area contributed by atoms with Crippen molar-refractivity contribution in [3.05, 3.63) is 18.0 Å². The van der Waals surface area contributed by atoms with Gasteiger partial charge >= 0.3 is 0 Å². The fourth-order valence-electron chi connectivity index (χ4n) is 1.15. The largest absolute Gasteiger partial charge is 0.262 e. The Balaban J connectivity index is 2.73. The van der Waals surface area contributed by atoms with Crippen molar-refractivity contribution < 1.29 is 4.63 Å². The van der Waals surface area contributed by atoms with Crippen LogP contribution in [0.4, 0.5) is 0 Å². The van der Waals surface area contributed by atoms with Crippen LogP contribution in [0.25, 0.3) is 11.0 Å². The van der Waals surface area contributed by atoms with Crippen LogP contribution in [0.2, 0.25) is 0 Å². The van der Waals surface area contributed by atoms with E-state index in [1.54, 1.807) is 12.4 Å². The maximum absolute atomic E-state index is 4.62. The minimum absolute atomic E-state index is 0.396. The van der Waals surface area contributed by atoms with Gasteiger partial charge in [-0.1, -0.05) is 13.8 Å². The van der Waals surface area contributed by atoms with E-state index in [-0.39, 0.29) is 0 Å². The van der Waals surface area contributed by atoms with Gasteiger partial charge < -0.3 is 0 Å². The average Bonchev–Trinajstić information content (AvgIpc) is 2.49. The fraction of sp³-hybridized carbons (Fsp3) is 0.375. The Kier molecular flexibility index (Phi) is 1.53. The van der Waals surface area contributed by atoms with Gasteiger partial charge in [0.25, 0.3) is 0 Å². The molecule has 0 aliphatic rings. The van der Waals surface area contributed by atoms with Gasteiger partial charge in [-0.15, -0.1) is 0 Å². The van der Waals surface area contributed by atoms with Crippen molar-refractivity contribution in [1.82, 2.24) is 15.3 Å². The molecule has 0 saturated carbocycles. The molecule has 0 N–H and O–H groups in total. The zero-order valence-corrected chi connectivity index (χ0v) is 6.98. The third-order valence-electron chi connectivity index (χ3n) is 1.82. The highest BCUT2D eigenvalue weighted by atomic mass is 16.6. The van der Waals surface area contributed by atoms with E-state index in [0.717, 1.165) is 16.6 Å². The monoisotopic (exact) mass is 163 g/mol. The third kappa shape index (κ3) is 0.958. The molecule has 4 nitrogen and oxygen atoms in total. The maximum atomic E-state index is 4.62. The van der Waals surface area contributed by atoms with Gasteiger partial charge in [0.2, 0.25) is 0 Å². The summed E-state index contributed by atoms with van der Waals surface area (Å²) in [7, 11) is 0. The molecule has 0 amide bonds.